The van der Waals surface area contributed by atoms with E-state index >= 15 is 0 Å². The maximum Gasteiger partial charge on any atom is 0.316 e. The first kappa shape index (κ1) is 29.7. The maximum atomic E-state index is 13.5. The van der Waals surface area contributed by atoms with Gasteiger partial charge in [-0.25, -0.2) is 0 Å². The maximum absolute atomic E-state index is 13.5. The molecule has 0 amide bonds. The third kappa shape index (κ3) is 4.45. The molecule has 2 N–H and O–H groups in total. The highest BCUT2D eigenvalue weighted by molar-refractivity contribution is 8.00. The van der Waals surface area contributed by atoms with E-state index in [-0.39, 0.29) is 45.7 Å². The van der Waals surface area contributed by atoms with Crippen molar-refractivity contribution < 1.29 is 23.8 Å². The molecule has 2 aromatic rings. The topological polar surface area (TPSA) is 88.8 Å². The summed E-state index contributed by atoms with van der Waals surface area (Å²) in [6.07, 6.45) is 6.16. The van der Waals surface area contributed by atoms with E-state index in [9.17, 15) is 14.7 Å². The number of esters is 1. The van der Waals surface area contributed by atoms with Gasteiger partial charge in [0.05, 0.1) is 24.7 Å². The van der Waals surface area contributed by atoms with Crippen LogP contribution in [0.1, 0.15) is 71.1 Å². The van der Waals surface area contributed by atoms with Gasteiger partial charge in [0.15, 0.2) is 0 Å². The molecule has 4 aliphatic rings. The molecular formula is C35H45NO5S. The van der Waals surface area contributed by atoms with Crippen molar-refractivity contribution in [2.24, 2.45) is 39.4 Å². The number of aliphatic hydroxyl groups excluding tert-OH is 1. The number of nitrogens with one attached hydrogen (secondary N) is 1. The predicted molar refractivity (Wildman–Crippen MR) is 163 cm³/mol. The average Bonchev–Trinajstić information content (AvgIpc) is 3.55. The SMILES string of the molecule is C=C[C@]1(C)C[C@@H](OC(=O)CSc2cccc(CNCc3ccco3)c2)[C@]2(C)C(C)CC34CC(CCC3=O)(C42)[C@@H](C)[C@@H]1O. The van der Waals surface area contributed by atoms with Gasteiger partial charge < -0.3 is 19.6 Å². The van der Waals surface area contributed by atoms with Crippen molar-refractivity contribution in [1.29, 1.82) is 0 Å². The summed E-state index contributed by atoms with van der Waals surface area (Å²) in [5, 5.41) is 15.2. The lowest BCUT2D eigenvalue weighted by Crippen LogP contribution is -2.71. The molecule has 4 fully saturated rings. The molecule has 1 aromatic carbocycles. The molecule has 7 heteroatoms. The van der Waals surface area contributed by atoms with Crippen LogP contribution < -0.4 is 5.32 Å². The highest BCUT2D eigenvalue weighted by Gasteiger charge is 2.81. The summed E-state index contributed by atoms with van der Waals surface area (Å²) in [5.74, 6) is 1.64. The van der Waals surface area contributed by atoms with Gasteiger partial charge in [-0.05, 0) is 78.7 Å². The lowest BCUT2D eigenvalue weighted by Gasteiger charge is -2.71. The number of thioether (sulfide) groups is 1. The van der Waals surface area contributed by atoms with Gasteiger partial charge in [0, 0.05) is 34.1 Å². The summed E-state index contributed by atoms with van der Waals surface area (Å²) in [6.45, 7) is 14.2. The fourth-order valence-corrected chi connectivity index (χ4v) is 10.6. The number of furan rings is 1. The molecule has 1 heterocycles. The second-order valence-electron chi connectivity index (χ2n) is 14.1. The van der Waals surface area contributed by atoms with Crippen molar-refractivity contribution in [3.05, 3.63) is 66.6 Å². The quantitative estimate of drug-likeness (QED) is 0.194. The van der Waals surface area contributed by atoms with E-state index in [1.807, 2.05) is 30.3 Å². The number of aliphatic hydroxyl groups is 1. The Balaban J connectivity index is 1.19. The van der Waals surface area contributed by atoms with E-state index in [1.165, 1.54) is 11.8 Å². The van der Waals surface area contributed by atoms with Crippen LogP contribution in [0.15, 0.2) is 64.6 Å². The van der Waals surface area contributed by atoms with Crippen LogP contribution in [0.5, 0.6) is 0 Å². The molecule has 2 spiro atoms. The Hall–Kier alpha value is -2.35. The molecule has 4 saturated carbocycles. The summed E-state index contributed by atoms with van der Waals surface area (Å²) in [7, 11) is 0. The minimum Gasteiger partial charge on any atom is -0.468 e. The first-order chi connectivity index (χ1) is 20.0. The predicted octanol–water partition coefficient (Wildman–Crippen LogP) is 6.57. The zero-order valence-corrected chi connectivity index (χ0v) is 26.2. The van der Waals surface area contributed by atoms with Crippen LogP contribution in [0.2, 0.25) is 0 Å². The van der Waals surface area contributed by atoms with E-state index in [4.69, 9.17) is 9.15 Å². The minimum absolute atomic E-state index is 0.0457. The van der Waals surface area contributed by atoms with Crippen LogP contribution >= 0.6 is 11.8 Å². The van der Waals surface area contributed by atoms with Gasteiger partial charge in [-0.3, -0.25) is 9.59 Å². The zero-order valence-electron chi connectivity index (χ0n) is 25.4. The van der Waals surface area contributed by atoms with Gasteiger partial charge in [-0.2, -0.15) is 0 Å². The Morgan fingerprint density at radius 1 is 1.21 bits per heavy atom. The lowest BCUT2D eigenvalue weighted by atomic mass is 9.32. The number of ether oxygens (including phenoxy) is 1. The fraction of sp³-hybridized carbons (Fsp3) is 0.600. The number of ketones is 1. The standard InChI is InChI=1S/C35H45NO5S/c1-6-32(4)17-28(33(5)22(2)16-35-21-34(31(33)35,13-12-27(35)37)23(3)30(32)39)41-29(38)20-42-26-11-7-9-24(15-26)18-36-19-25-10-8-14-40-25/h6-11,14-15,22-23,28,30-31,36,39H,1,12-13,16-21H2,2-5H3/t22?,23-,28+,30-,31?,32+,33-,34?,35?/m0/s1. The molecule has 42 heavy (non-hydrogen) atoms. The number of hydrogen-bond acceptors (Lipinski definition) is 7. The third-order valence-electron chi connectivity index (χ3n) is 12.1. The summed E-state index contributed by atoms with van der Waals surface area (Å²) < 4.78 is 11.9. The van der Waals surface area contributed by atoms with E-state index in [0.29, 0.717) is 31.7 Å². The highest BCUT2D eigenvalue weighted by Crippen LogP contribution is 2.82. The Morgan fingerprint density at radius 2 is 2.02 bits per heavy atom. The summed E-state index contributed by atoms with van der Waals surface area (Å²) in [6, 6.07) is 12.0. The normalized spacial score (nSPS) is 40.4. The number of Topliss-reactive ketones (excluding diaryl/α,β-unsaturated/α-hetero) is 1. The third-order valence-corrected chi connectivity index (χ3v) is 13.0. The molecule has 1 aromatic heterocycles. The molecule has 0 saturated heterocycles. The summed E-state index contributed by atoms with van der Waals surface area (Å²) >= 11 is 1.48. The number of carbonyl (C=O) groups is 2. The van der Waals surface area contributed by atoms with Crippen LogP contribution in [0.3, 0.4) is 0 Å². The van der Waals surface area contributed by atoms with Crippen molar-refractivity contribution in [2.45, 2.75) is 90.0 Å². The van der Waals surface area contributed by atoms with E-state index < -0.39 is 17.6 Å². The van der Waals surface area contributed by atoms with Crippen molar-refractivity contribution in [3.8, 4) is 0 Å². The summed E-state index contributed by atoms with van der Waals surface area (Å²) in [4.78, 5) is 28.0. The largest absolute Gasteiger partial charge is 0.468 e. The van der Waals surface area contributed by atoms with Gasteiger partial charge >= 0.3 is 5.97 Å². The fourth-order valence-electron chi connectivity index (χ4n) is 9.84. The molecular weight excluding hydrogens is 546 g/mol. The van der Waals surface area contributed by atoms with E-state index in [2.05, 4.69) is 51.7 Å². The molecule has 4 aliphatic carbocycles. The molecule has 6 nitrogen and oxygen atoms in total. The zero-order chi connectivity index (χ0) is 29.9. The van der Waals surface area contributed by atoms with Gasteiger partial charge in [-0.1, -0.05) is 45.9 Å². The second-order valence-corrected chi connectivity index (χ2v) is 15.2. The van der Waals surface area contributed by atoms with Crippen molar-refractivity contribution in [3.63, 3.8) is 0 Å². The molecule has 9 atom stereocenters. The van der Waals surface area contributed by atoms with Crippen molar-refractivity contribution in [2.75, 3.05) is 5.75 Å². The Bertz CT molecular complexity index is 1360. The molecule has 4 unspecified atom stereocenters. The lowest BCUT2D eigenvalue weighted by molar-refractivity contribution is -0.257. The van der Waals surface area contributed by atoms with Crippen molar-refractivity contribution >= 4 is 23.5 Å². The molecule has 2 bridgehead atoms. The monoisotopic (exact) mass is 591 g/mol. The highest BCUT2D eigenvalue weighted by atomic mass is 32.2. The van der Waals surface area contributed by atoms with Crippen LogP contribution in [0, 0.1) is 39.4 Å². The average molecular weight is 592 g/mol. The molecule has 0 radical (unpaired) electrons. The first-order valence-electron chi connectivity index (χ1n) is 15.5. The van der Waals surface area contributed by atoms with Crippen molar-refractivity contribution in [1.82, 2.24) is 5.32 Å². The Kier molecular flexibility index (Phi) is 7.55. The first-order valence-corrected chi connectivity index (χ1v) is 16.5. The summed E-state index contributed by atoms with van der Waals surface area (Å²) in [5.41, 5.74) is -0.240. The molecule has 226 valence electrons. The van der Waals surface area contributed by atoms with Gasteiger partial charge in [-0.15, -0.1) is 18.3 Å². The number of hydrogen-bond donors (Lipinski definition) is 2. The Morgan fingerprint density at radius 3 is 2.76 bits per heavy atom. The van der Waals surface area contributed by atoms with Gasteiger partial charge in [0.25, 0.3) is 0 Å². The number of rotatable bonds is 9. The molecule has 6 rings (SSSR count). The van der Waals surface area contributed by atoms with E-state index in [0.717, 1.165) is 35.5 Å². The molecule has 0 aliphatic heterocycles. The number of carbonyl (C=O) groups excluding carboxylic acids is 2. The number of benzene rings is 1. The second kappa shape index (κ2) is 10.7. The smallest absolute Gasteiger partial charge is 0.316 e. The Labute approximate surface area is 254 Å². The van der Waals surface area contributed by atoms with Gasteiger partial charge in [0.2, 0.25) is 0 Å². The van der Waals surface area contributed by atoms with Crippen LogP contribution in [-0.2, 0) is 27.4 Å². The van der Waals surface area contributed by atoms with Gasteiger partial charge in [0.1, 0.15) is 17.6 Å². The van der Waals surface area contributed by atoms with Crippen LogP contribution in [0.25, 0.3) is 0 Å². The minimum atomic E-state index is -0.610. The van der Waals surface area contributed by atoms with Crippen LogP contribution in [-0.4, -0.2) is 34.8 Å². The van der Waals surface area contributed by atoms with Crippen LogP contribution in [0.4, 0.5) is 0 Å². The van der Waals surface area contributed by atoms with E-state index in [1.54, 1.807) is 6.26 Å².